The number of hydrogen-bond donors (Lipinski definition) is 0. The number of imide groups is 1. The van der Waals surface area contributed by atoms with E-state index in [2.05, 4.69) is 5.10 Å². The highest BCUT2D eigenvalue weighted by Crippen LogP contribution is 2.27. The van der Waals surface area contributed by atoms with Gasteiger partial charge in [0.25, 0.3) is 5.91 Å². The summed E-state index contributed by atoms with van der Waals surface area (Å²) in [6.07, 6.45) is 3.96. The number of amides is 3. The third-order valence-electron chi connectivity index (χ3n) is 4.61. The first kappa shape index (κ1) is 14.9. The Morgan fingerprint density at radius 2 is 1.96 bits per heavy atom. The molecule has 3 heterocycles. The van der Waals surface area contributed by atoms with Crippen LogP contribution in [0.3, 0.4) is 0 Å². The van der Waals surface area contributed by atoms with Gasteiger partial charge in [-0.3, -0.25) is 9.69 Å². The number of urea groups is 1. The highest BCUT2D eigenvalue weighted by molar-refractivity contribution is 6.04. The van der Waals surface area contributed by atoms with Crippen molar-refractivity contribution in [1.29, 1.82) is 0 Å². The lowest BCUT2D eigenvalue weighted by Gasteiger charge is -2.14. The zero-order valence-corrected chi connectivity index (χ0v) is 13.1. The van der Waals surface area contributed by atoms with E-state index in [-0.39, 0.29) is 23.8 Å². The van der Waals surface area contributed by atoms with Gasteiger partial charge >= 0.3 is 6.03 Å². The van der Waals surface area contributed by atoms with Gasteiger partial charge in [-0.1, -0.05) is 0 Å². The zero-order valence-electron chi connectivity index (χ0n) is 13.1. The molecule has 0 aliphatic carbocycles. The number of carbonyl (C=O) groups excluding carboxylic acids is 2. The zero-order chi connectivity index (χ0) is 16.7. The highest BCUT2D eigenvalue weighted by Gasteiger charge is 2.46. The molecule has 6 nitrogen and oxygen atoms in total. The van der Waals surface area contributed by atoms with Gasteiger partial charge in [-0.25, -0.2) is 13.9 Å². The van der Waals surface area contributed by atoms with E-state index in [9.17, 15) is 14.0 Å². The highest BCUT2D eigenvalue weighted by atomic mass is 19.1. The molecule has 2 aliphatic heterocycles. The molecule has 0 bridgehead atoms. The molecular formula is C17H17FN4O2. The molecule has 2 fully saturated rings. The van der Waals surface area contributed by atoms with Crippen molar-refractivity contribution in [3.8, 4) is 5.69 Å². The lowest BCUT2D eigenvalue weighted by molar-refractivity contribution is -0.127. The van der Waals surface area contributed by atoms with E-state index in [0.717, 1.165) is 24.2 Å². The molecule has 2 aromatic rings. The van der Waals surface area contributed by atoms with Crippen molar-refractivity contribution in [2.24, 2.45) is 0 Å². The first-order valence-electron chi connectivity index (χ1n) is 8.06. The second-order valence-corrected chi connectivity index (χ2v) is 6.10. The molecule has 2 aliphatic rings. The molecular weight excluding hydrogens is 311 g/mol. The number of rotatable bonds is 4. The van der Waals surface area contributed by atoms with Crippen molar-refractivity contribution in [3.63, 3.8) is 0 Å². The maximum atomic E-state index is 13.0. The summed E-state index contributed by atoms with van der Waals surface area (Å²) in [4.78, 5) is 27.5. The molecule has 124 valence electrons. The van der Waals surface area contributed by atoms with E-state index in [1.807, 2.05) is 6.07 Å². The molecule has 3 amide bonds. The summed E-state index contributed by atoms with van der Waals surface area (Å²) in [7, 11) is 0. The normalized spacial score (nSPS) is 20.1. The summed E-state index contributed by atoms with van der Waals surface area (Å²) in [5, 5.41) is 4.42. The van der Waals surface area contributed by atoms with E-state index >= 15 is 0 Å². The van der Waals surface area contributed by atoms with Crippen molar-refractivity contribution in [2.75, 3.05) is 13.1 Å². The molecule has 7 heteroatoms. The minimum atomic E-state index is -0.294. The smallest absolute Gasteiger partial charge is 0.312 e. The molecule has 0 unspecified atom stereocenters. The van der Waals surface area contributed by atoms with Crippen LogP contribution in [0.2, 0.25) is 0 Å². The summed E-state index contributed by atoms with van der Waals surface area (Å²) < 4.78 is 14.6. The SMILES string of the molecule is O=C1[C@@H]2CCCN2C(=O)N1CCc1ccn(-c2ccc(F)cc2)n1. The Hall–Kier alpha value is -2.70. The van der Waals surface area contributed by atoms with Crippen LogP contribution in [0.1, 0.15) is 18.5 Å². The van der Waals surface area contributed by atoms with Crippen LogP contribution in [-0.4, -0.2) is 50.6 Å². The predicted molar refractivity (Wildman–Crippen MR) is 84.1 cm³/mol. The van der Waals surface area contributed by atoms with Gasteiger partial charge in [-0.05, 0) is 43.2 Å². The summed E-state index contributed by atoms with van der Waals surface area (Å²) in [6, 6.07) is 7.46. The van der Waals surface area contributed by atoms with E-state index in [1.54, 1.807) is 27.9 Å². The Kier molecular flexibility index (Phi) is 3.55. The number of carbonyl (C=O) groups is 2. The van der Waals surface area contributed by atoms with E-state index in [1.165, 1.54) is 17.0 Å². The quantitative estimate of drug-likeness (QED) is 0.807. The number of benzene rings is 1. The molecule has 0 saturated carbocycles. The molecule has 1 aromatic heterocycles. The van der Waals surface area contributed by atoms with Crippen LogP contribution in [0, 0.1) is 5.82 Å². The number of hydrogen-bond acceptors (Lipinski definition) is 3. The van der Waals surface area contributed by atoms with E-state index in [0.29, 0.717) is 19.5 Å². The first-order valence-corrected chi connectivity index (χ1v) is 8.06. The predicted octanol–water partition coefficient (Wildman–Crippen LogP) is 1.98. The second kappa shape index (κ2) is 5.74. The molecule has 2 saturated heterocycles. The maximum Gasteiger partial charge on any atom is 0.327 e. The molecule has 0 radical (unpaired) electrons. The summed E-state index contributed by atoms with van der Waals surface area (Å²) >= 11 is 0. The van der Waals surface area contributed by atoms with Crippen LogP contribution in [0.15, 0.2) is 36.5 Å². The number of fused-ring (bicyclic) bond motifs is 1. The number of nitrogens with zero attached hydrogens (tertiary/aromatic N) is 4. The largest absolute Gasteiger partial charge is 0.327 e. The van der Waals surface area contributed by atoms with Crippen LogP contribution in [-0.2, 0) is 11.2 Å². The van der Waals surface area contributed by atoms with E-state index < -0.39 is 0 Å². The molecule has 0 N–H and O–H groups in total. The maximum absolute atomic E-state index is 13.0. The fourth-order valence-electron chi connectivity index (χ4n) is 3.35. The lowest BCUT2D eigenvalue weighted by atomic mass is 10.2. The van der Waals surface area contributed by atoms with Gasteiger partial charge in [-0.15, -0.1) is 0 Å². The fourth-order valence-corrected chi connectivity index (χ4v) is 3.35. The third kappa shape index (κ3) is 2.46. The Morgan fingerprint density at radius 3 is 2.71 bits per heavy atom. The van der Waals surface area contributed by atoms with E-state index in [4.69, 9.17) is 0 Å². The standard InChI is InChI=1S/C17H17FN4O2/c18-12-3-5-14(6-4-12)22-11-8-13(19-22)7-10-21-16(23)15-2-1-9-20(15)17(21)24/h3-6,8,11,15H,1-2,7,9-10H2/t15-/m0/s1. The van der Waals surface area contributed by atoms with Gasteiger partial charge < -0.3 is 4.90 Å². The minimum absolute atomic E-state index is 0.0875. The lowest BCUT2D eigenvalue weighted by Crippen LogP contribution is -2.34. The van der Waals surface area contributed by atoms with Gasteiger partial charge in [0.05, 0.1) is 11.4 Å². The second-order valence-electron chi connectivity index (χ2n) is 6.10. The van der Waals surface area contributed by atoms with Gasteiger partial charge in [-0.2, -0.15) is 5.10 Å². The third-order valence-corrected chi connectivity index (χ3v) is 4.61. The van der Waals surface area contributed by atoms with Gasteiger partial charge in [0.2, 0.25) is 0 Å². The van der Waals surface area contributed by atoms with Crippen LogP contribution >= 0.6 is 0 Å². The van der Waals surface area contributed by atoms with Gasteiger partial charge in [0, 0.05) is 25.7 Å². The number of aromatic nitrogens is 2. The van der Waals surface area contributed by atoms with Gasteiger partial charge in [0.1, 0.15) is 11.9 Å². The van der Waals surface area contributed by atoms with Crippen molar-refractivity contribution in [2.45, 2.75) is 25.3 Å². The Labute approximate surface area is 138 Å². The summed E-state index contributed by atoms with van der Waals surface area (Å²) in [6.45, 7) is 1.01. The average Bonchev–Trinajstić information content (AvgIpc) is 3.28. The van der Waals surface area contributed by atoms with Crippen LogP contribution in [0.25, 0.3) is 5.69 Å². The Bertz CT molecular complexity index is 764. The molecule has 24 heavy (non-hydrogen) atoms. The van der Waals surface area contributed by atoms with Crippen LogP contribution < -0.4 is 0 Å². The van der Waals surface area contributed by atoms with Gasteiger partial charge in [0.15, 0.2) is 0 Å². The van der Waals surface area contributed by atoms with Crippen molar-refractivity contribution in [3.05, 3.63) is 48.0 Å². The molecule has 4 rings (SSSR count). The Morgan fingerprint density at radius 1 is 1.17 bits per heavy atom. The molecule has 1 aromatic carbocycles. The monoisotopic (exact) mass is 328 g/mol. The van der Waals surface area contributed by atoms with Crippen LogP contribution in [0.5, 0.6) is 0 Å². The van der Waals surface area contributed by atoms with Crippen molar-refractivity contribution < 1.29 is 14.0 Å². The topological polar surface area (TPSA) is 58.4 Å². The van der Waals surface area contributed by atoms with Crippen LogP contribution in [0.4, 0.5) is 9.18 Å². The minimum Gasteiger partial charge on any atom is -0.312 e. The summed E-state index contributed by atoms with van der Waals surface area (Å²) in [5.74, 6) is -0.381. The summed E-state index contributed by atoms with van der Waals surface area (Å²) in [5.41, 5.74) is 1.55. The van der Waals surface area contributed by atoms with Crippen molar-refractivity contribution in [1.82, 2.24) is 19.6 Å². The van der Waals surface area contributed by atoms with Crippen molar-refractivity contribution >= 4 is 11.9 Å². The molecule has 0 spiro atoms. The fraction of sp³-hybridized carbons (Fsp3) is 0.353. The molecule has 1 atom stereocenters. The Balaban J connectivity index is 1.43. The number of halogens is 1. The first-order chi connectivity index (χ1) is 11.6. The average molecular weight is 328 g/mol.